The zero-order chi connectivity index (χ0) is 17.1. The van der Waals surface area contributed by atoms with Crippen molar-refractivity contribution in [3.63, 3.8) is 0 Å². The molecule has 1 aliphatic heterocycles. The van der Waals surface area contributed by atoms with Crippen LogP contribution in [0.1, 0.15) is 0 Å². The number of alkyl halides is 1. The van der Waals surface area contributed by atoms with Crippen molar-refractivity contribution in [1.82, 2.24) is 0 Å². The molecule has 0 radical (unpaired) electrons. The third-order valence-corrected chi connectivity index (χ3v) is 4.07. The van der Waals surface area contributed by atoms with E-state index < -0.39 is 0 Å². The normalized spacial score (nSPS) is 12.6. The summed E-state index contributed by atoms with van der Waals surface area (Å²) in [5, 5.41) is 0.403. The summed E-state index contributed by atoms with van der Waals surface area (Å²) in [6.07, 6.45) is 0. The van der Waals surface area contributed by atoms with Crippen molar-refractivity contribution in [3.8, 4) is 17.2 Å². The molecule has 1 heterocycles. The second-order valence-corrected chi connectivity index (χ2v) is 5.68. The number of hydrogen-bond acceptors (Lipinski definition) is 4. The molecule has 0 aliphatic carbocycles. The molecular formula is C17H15Cl2NO4. The van der Waals surface area contributed by atoms with Crippen molar-refractivity contribution in [2.45, 2.75) is 0 Å². The Hall–Kier alpha value is -2.11. The first-order valence-corrected chi connectivity index (χ1v) is 8.17. The Morgan fingerprint density at radius 2 is 1.79 bits per heavy atom. The molecule has 0 N–H and O–H groups in total. The van der Waals surface area contributed by atoms with Crippen LogP contribution in [0.25, 0.3) is 0 Å². The van der Waals surface area contributed by atoms with Crippen LogP contribution >= 0.6 is 23.2 Å². The van der Waals surface area contributed by atoms with Gasteiger partial charge in [-0.25, -0.2) is 0 Å². The summed E-state index contributed by atoms with van der Waals surface area (Å²) in [5.74, 6) is 1.31. The second-order valence-electron chi connectivity index (χ2n) is 5.01. The van der Waals surface area contributed by atoms with Crippen LogP contribution in [-0.4, -0.2) is 32.1 Å². The lowest BCUT2D eigenvalue weighted by Gasteiger charge is -2.25. The van der Waals surface area contributed by atoms with Gasteiger partial charge in [-0.3, -0.25) is 9.69 Å². The van der Waals surface area contributed by atoms with Gasteiger partial charge in [0.2, 0.25) is 5.91 Å². The first kappa shape index (κ1) is 16.7. The lowest BCUT2D eigenvalue weighted by molar-refractivity contribution is -0.115. The Morgan fingerprint density at radius 1 is 1.12 bits per heavy atom. The van der Waals surface area contributed by atoms with Crippen LogP contribution in [-0.2, 0) is 4.79 Å². The van der Waals surface area contributed by atoms with E-state index in [1.165, 1.54) is 12.0 Å². The monoisotopic (exact) mass is 367 g/mol. The van der Waals surface area contributed by atoms with Crippen molar-refractivity contribution in [2.75, 3.05) is 31.1 Å². The molecule has 5 nitrogen and oxygen atoms in total. The predicted molar refractivity (Wildman–Crippen MR) is 93.3 cm³/mol. The van der Waals surface area contributed by atoms with Gasteiger partial charge in [-0.05, 0) is 30.3 Å². The Balaban J connectivity index is 2.04. The number of benzene rings is 2. The van der Waals surface area contributed by atoms with Crippen LogP contribution in [0.2, 0.25) is 5.02 Å². The lowest BCUT2D eigenvalue weighted by atomic mass is 10.2. The quantitative estimate of drug-likeness (QED) is 0.765. The average molecular weight is 368 g/mol. The smallest absolute Gasteiger partial charge is 0.246 e. The van der Waals surface area contributed by atoms with Crippen molar-refractivity contribution >= 4 is 40.5 Å². The molecule has 0 spiro atoms. The molecule has 2 aromatic carbocycles. The summed E-state index contributed by atoms with van der Waals surface area (Å²) in [4.78, 5) is 13.9. The van der Waals surface area contributed by atoms with Gasteiger partial charge in [0.05, 0.1) is 23.5 Å². The summed E-state index contributed by atoms with van der Waals surface area (Å²) in [6.45, 7) is 0.971. The maximum absolute atomic E-state index is 12.4. The van der Waals surface area contributed by atoms with Gasteiger partial charge in [-0.15, -0.1) is 11.6 Å². The molecule has 0 fully saturated rings. The molecule has 1 amide bonds. The number of rotatable bonds is 4. The maximum Gasteiger partial charge on any atom is 0.246 e. The minimum atomic E-state index is -0.283. The number of nitrogens with zero attached hydrogens (tertiary/aromatic N) is 1. The van der Waals surface area contributed by atoms with Crippen molar-refractivity contribution in [1.29, 1.82) is 0 Å². The Bertz CT molecular complexity index is 766. The van der Waals surface area contributed by atoms with Gasteiger partial charge in [0.15, 0.2) is 11.5 Å². The number of amides is 1. The van der Waals surface area contributed by atoms with E-state index in [4.69, 9.17) is 37.4 Å². The van der Waals surface area contributed by atoms with Gasteiger partial charge in [-0.2, -0.15) is 0 Å². The number of carbonyl (C=O) groups excluding carboxylic acids is 1. The molecule has 2 aromatic rings. The van der Waals surface area contributed by atoms with Gasteiger partial charge >= 0.3 is 0 Å². The summed E-state index contributed by atoms with van der Waals surface area (Å²) in [7, 11) is 1.53. The molecule has 126 valence electrons. The number of fused-ring (bicyclic) bond motifs is 1. The van der Waals surface area contributed by atoms with E-state index >= 15 is 0 Å². The Kier molecular flexibility index (Phi) is 5.02. The van der Waals surface area contributed by atoms with Crippen LogP contribution in [0.5, 0.6) is 17.2 Å². The van der Waals surface area contributed by atoms with Crippen LogP contribution in [0.15, 0.2) is 36.4 Å². The summed E-state index contributed by atoms with van der Waals surface area (Å²) < 4.78 is 16.2. The summed E-state index contributed by atoms with van der Waals surface area (Å²) in [6, 6.07) is 10.4. The summed E-state index contributed by atoms with van der Waals surface area (Å²) >= 11 is 12.0. The number of anilines is 2. The maximum atomic E-state index is 12.4. The van der Waals surface area contributed by atoms with E-state index in [0.29, 0.717) is 46.9 Å². The van der Waals surface area contributed by atoms with Crippen molar-refractivity contribution in [2.24, 2.45) is 0 Å². The van der Waals surface area contributed by atoms with Crippen LogP contribution in [0, 0.1) is 0 Å². The number of hydrogen-bond donors (Lipinski definition) is 0. The number of ether oxygens (including phenoxy) is 3. The van der Waals surface area contributed by atoms with E-state index in [9.17, 15) is 4.79 Å². The minimum absolute atomic E-state index is 0.169. The molecule has 3 rings (SSSR count). The van der Waals surface area contributed by atoms with Gasteiger partial charge < -0.3 is 14.2 Å². The van der Waals surface area contributed by atoms with Gasteiger partial charge in [0.25, 0.3) is 0 Å². The van der Waals surface area contributed by atoms with Crippen LogP contribution in [0.3, 0.4) is 0 Å². The first-order chi connectivity index (χ1) is 11.6. The zero-order valence-corrected chi connectivity index (χ0v) is 14.4. The van der Waals surface area contributed by atoms with Crippen molar-refractivity contribution in [3.05, 3.63) is 41.4 Å². The Labute approximate surface area is 149 Å². The third kappa shape index (κ3) is 3.23. The predicted octanol–water partition coefficient (Wildman–Crippen LogP) is 4.02. The van der Waals surface area contributed by atoms with Crippen LogP contribution < -0.4 is 19.1 Å². The third-order valence-electron chi connectivity index (χ3n) is 3.54. The molecule has 7 heteroatoms. The minimum Gasteiger partial charge on any atom is -0.495 e. The number of halogens is 2. The van der Waals surface area contributed by atoms with E-state index in [2.05, 4.69) is 0 Å². The molecular weight excluding hydrogens is 353 g/mol. The van der Waals surface area contributed by atoms with Gasteiger partial charge in [-0.1, -0.05) is 11.6 Å². The SMILES string of the molecule is COc1ccc(N(C(=O)CCl)c2ccc3c(c2)OCCO3)cc1Cl. The molecule has 0 aromatic heterocycles. The van der Waals surface area contributed by atoms with Crippen molar-refractivity contribution < 1.29 is 19.0 Å². The molecule has 1 aliphatic rings. The fourth-order valence-corrected chi connectivity index (χ4v) is 2.83. The zero-order valence-electron chi connectivity index (χ0n) is 12.9. The fourth-order valence-electron chi connectivity index (χ4n) is 2.46. The topological polar surface area (TPSA) is 48.0 Å². The highest BCUT2D eigenvalue weighted by Crippen LogP contribution is 2.38. The van der Waals surface area contributed by atoms with Gasteiger partial charge in [0.1, 0.15) is 24.8 Å². The van der Waals surface area contributed by atoms with E-state index in [1.54, 1.807) is 36.4 Å². The largest absolute Gasteiger partial charge is 0.495 e. The first-order valence-electron chi connectivity index (χ1n) is 7.26. The Morgan fingerprint density at radius 3 is 2.46 bits per heavy atom. The highest BCUT2D eigenvalue weighted by molar-refractivity contribution is 6.33. The lowest BCUT2D eigenvalue weighted by Crippen LogP contribution is -2.27. The highest BCUT2D eigenvalue weighted by atomic mass is 35.5. The average Bonchev–Trinajstić information content (AvgIpc) is 2.62. The highest BCUT2D eigenvalue weighted by Gasteiger charge is 2.21. The second kappa shape index (κ2) is 7.20. The van der Waals surface area contributed by atoms with E-state index in [-0.39, 0.29) is 11.8 Å². The summed E-state index contributed by atoms with van der Waals surface area (Å²) in [5.41, 5.74) is 1.20. The molecule has 0 atom stereocenters. The van der Waals surface area contributed by atoms with E-state index in [0.717, 1.165) is 0 Å². The molecule has 0 saturated heterocycles. The molecule has 0 unspecified atom stereocenters. The number of carbonyl (C=O) groups is 1. The molecule has 0 bridgehead atoms. The fraction of sp³-hybridized carbons (Fsp3) is 0.235. The standard InChI is InChI=1S/C17H15Cl2NO4/c1-22-14-4-2-11(8-13(14)19)20(17(21)10-18)12-3-5-15-16(9-12)24-7-6-23-15/h2-5,8-9H,6-7,10H2,1H3. The van der Waals surface area contributed by atoms with Crippen LogP contribution in [0.4, 0.5) is 11.4 Å². The molecule has 24 heavy (non-hydrogen) atoms. The number of methoxy groups -OCH3 is 1. The van der Waals surface area contributed by atoms with E-state index in [1.807, 2.05) is 0 Å². The molecule has 0 saturated carbocycles. The van der Waals surface area contributed by atoms with Gasteiger partial charge in [0, 0.05) is 6.07 Å².